The second kappa shape index (κ2) is 7.09. The number of hydrogen-bond acceptors (Lipinski definition) is 3. The van der Waals surface area contributed by atoms with Crippen LogP contribution in [0.15, 0.2) is 24.3 Å². The number of ether oxygens (including phenoxy) is 1. The molecule has 0 aliphatic rings. The standard InChI is InChI=1S/C14H20N2O2S/c1-4-18-11-7-5-10(6-8-11)16-14(17)12(9(2)3)13(15)19/h5-9,12H,4H2,1-3H3,(H2,15,19)(H,16,17). The van der Waals surface area contributed by atoms with E-state index in [2.05, 4.69) is 5.32 Å². The summed E-state index contributed by atoms with van der Waals surface area (Å²) >= 11 is 4.94. The fourth-order valence-electron chi connectivity index (χ4n) is 1.78. The van der Waals surface area contributed by atoms with E-state index in [1.807, 2.05) is 32.9 Å². The monoisotopic (exact) mass is 280 g/mol. The maximum absolute atomic E-state index is 12.1. The Balaban J connectivity index is 2.73. The van der Waals surface area contributed by atoms with Crippen molar-refractivity contribution < 1.29 is 9.53 Å². The number of anilines is 1. The van der Waals surface area contributed by atoms with Crippen molar-refractivity contribution in [2.45, 2.75) is 20.8 Å². The van der Waals surface area contributed by atoms with E-state index in [-0.39, 0.29) is 16.8 Å². The molecule has 3 N–H and O–H groups in total. The zero-order valence-electron chi connectivity index (χ0n) is 11.5. The lowest BCUT2D eigenvalue weighted by molar-refractivity contribution is -0.118. The first-order chi connectivity index (χ1) is 8.95. The summed E-state index contributed by atoms with van der Waals surface area (Å²) in [4.78, 5) is 12.3. The molecule has 1 aromatic rings. The highest BCUT2D eigenvalue weighted by Crippen LogP contribution is 2.18. The van der Waals surface area contributed by atoms with Gasteiger partial charge in [-0.3, -0.25) is 4.79 Å². The second-order valence-corrected chi connectivity index (χ2v) is 5.04. The van der Waals surface area contributed by atoms with Crippen LogP contribution in [0.2, 0.25) is 0 Å². The molecule has 0 fully saturated rings. The Kier molecular flexibility index (Phi) is 5.76. The van der Waals surface area contributed by atoms with Crippen LogP contribution >= 0.6 is 12.2 Å². The van der Waals surface area contributed by atoms with Crippen molar-refractivity contribution in [2.75, 3.05) is 11.9 Å². The number of carbonyl (C=O) groups excluding carboxylic acids is 1. The smallest absolute Gasteiger partial charge is 0.234 e. The van der Waals surface area contributed by atoms with E-state index >= 15 is 0 Å². The van der Waals surface area contributed by atoms with Gasteiger partial charge in [0.05, 0.1) is 17.5 Å². The van der Waals surface area contributed by atoms with Crippen molar-refractivity contribution in [3.63, 3.8) is 0 Å². The molecule has 19 heavy (non-hydrogen) atoms. The van der Waals surface area contributed by atoms with Crippen LogP contribution in [0.25, 0.3) is 0 Å². The van der Waals surface area contributed by atoms with Crippen LogP contribution < -0.4 is 15.8 Å². The molecule has 1 amide bonds. The van der Waals surface area contributed by atoms with Gasteiger partial charge in [0.25, 0.3) is 0 Å². The molecule has 5 heteroatoms. The number of rotatable bonds is 6. The van der Waals surface area contributed by atoms with Gasteiger partial charge in [-0.25, -0.2) is 0 Å². The predicted octanol–water partition coefficient (Wildman–Crippen LogP) is 2.58. The normalized spacial score (nSPS) is 12.0. The predicted molar refractivity (Wildman–Crippen MR) is 81.4 cm³/mol. The quantitative estimate of drug-likeness (QED) is 0.786. The third-order valence-corrected chi connectivity index (χ3v) is 2.94. The molecule has 1 unspecified atom stereocenters. The summed E-state index contributed by atoms with van der Waals surface area (Å²) in [5, 5.41) is 2.81. The van der Waals surface area contributed by atoms with Gasteiger partial charge in [-0.1, -0.05) is 26.1 Å². The highest BCUT2D eigenvalue weighted by molar-refractivity contribution is 7.80. The summed E-state index contributed by atoms with van der Waals surface area (Å²) in [7, 11) is 0. The summed E-state index contributed by atoms with van der Waals surface area (Å²) in [6.45, 7) is 6.37. The van der Waals surface area contributed by atoms with Crippen LogP contribution in [-0.2, 0) is 4.79 Å². The van der Waals surface area contributed by atoms with Crippen molar-refractivity contribution in [1.82, 2.24) is 0 Å². The third kappa shape index (κ3) is 4.52. The molecule has 104 valence electrons. The zero-order valence-corrected chi connectivity index (χ0v) is 12.3. The molecule has 1 rings (SSSR count). The molecule has 0 aliphatic carbocycles. The van der Waals surface area contributed by atoms with Gasteiger partial charge in [-0.15, -0.1) is 0 Å². The first-order valence-corrected chi connectivity index (χ1v) is 6.69. The molecule has 0 aromatic heterocycles. The van der Waals surface area contributed by atoms with E-state index in [4.69, 9.17) is 22.7 Å². The fourth-order valence-corrected chi connectivity index (χ4v) is 2.16. The number of nitrogens with two attached hydrogens (primary N) is 1. The van der Waals surface area contributed by atoms with Gasteiger partial charge in [0, 0.05) is 5.69 Å². The van der Waals surface area contributed by atoms with Gasteiger partial charge < -0.3 is 15.8 Å². The Morgan fingerprint density at radius 1 is 1.37 bits per heavy atom. The Bertz CT molecular complexity index is 443. The highest BCUT2D eigenvalue weighted by Gasteiger charge is 2.24. The summed E-state index contributed by atoms with van der Waals surface area (Å²) in [6.07, 6.45) is 0. The van der Waals surface area contributed by atoms with Crippen LogP contribution in [0.5, 0.6) is 5.75 Å². The highest BCUT2D eigenvalue weighted by atomic mass is 32.1. The third-order valence-electron chi connectivity index (χ3n) is 2.69. The molecule has 0 spiro atoms. The minimum Gasteiger partial charge on any atom is -0.494 e. The number of thiocarbonyl (C=S) groups is 1. The molecule has 1 atom stereocenters. The SMILES string of the molecule is CCOc1ccc(NC(=O)C(C(N)=S)C(C)C)cc1. The van der Waals surface area contributed by atoms with Gasteiger partial charge in [-0.2, -0.15) is 0 Å². The van der Waals surface area contributed by atoms with E-state index in [1.165, 1.54) is 0 Å². The van der Waals surface area contributed by atoms with E-state index < -0.39 is 5.92 Å². The first-order valence-electron chi connectivity index (χ1n) is 6.28. The van der Waals surface area contributed by atoms with Gasteiger partial charge >= 0.3 is 0 Å². The molecular formula is C14H20N2O2S. The summed E-state index contributed by atoms with van der Waals surface area (Å²) < 4.78 is 5.34. The topological polar surface area (TPSA) is 64.3 Å². The molecule has 0 saturated heterocycles. The van der Waals surface area contributed by atoms with Crippen molar-refractivity contribution in [1.29, 1.82) is 0 Å². The number of carbonyl (C=O) groups is 1. The molecule has 4 nitrogen and oxygen atoms in total. The van der Waals surface area contributed by atoms with Gasteiger partial charge in [0.1, 0.15) is 5.75 Å². The minimum absolute atomic E-state index is 0.0696. The lowest BCUT2D eigenvalue weighted by Crippen LogP contribution is -2.36. The maximum atomic E-state index is 12.1. The molecule has 0 radical (unpaired) electrons. The van der Waals surface area contributed by atoms with Crippen molar-refractivity contribution in [3.8, 4) is 5.75 Å². The molecular weight excluding hydrogens is 260 g/mol. The minimum atomic E-state index is -0.457. The Labute approximate surface area is 119 Å². The Morgan fingerprint density at radius 3 is 2.37 bits per heavy atom. The zero-order chi connectivity index (χ0) is 14.4. The lowest BCUT2D eigenvalue weighted by atomic mass is 9.95. The van der Waals surface area contributed by atoms with Crippen molar-refractivity contribution in [2.24, 2.45) is 17.6 Å². The Hall–Kier alpha value is -1.62. The van der Waals surface area contributed by atoms with Crippen LogP contribution in [0.4, 0.5) is 5.69 Å². The van der Waals surface area contributed by atoms with E-state index in [0.717, 1.165) is 5.75 Å². The van der Waals surface area contributed by atoms with Gasteiger partial charge in [0.2, 0.25) is 5.91 Å². The van der Waals surface area contributed by atoms with E-state index in [0.29, 0.717) is 12.3 Å². The summed E-state index contributed by atoms with van der Waals surface area (Å²) in [5.41, 5.74) is 6.31. The number of amides is 1. The summed E-state index contributed by atoms with van der Waals surface area (Å²) in [6, 6.07) is 7.20. The fraction of sp³-hybridized carbons (Fsp3) is 0.429. The summed E-state index contributed by atoms with van der Waals surface area (Å²) in [5.74, 6) is 0.212. The van der Waals surface area contributed by atoms with Crippen molar-refractivity contribution >= 4 is 28.8 Å². The largest absolute Gasteiger partial charge is 0.494 e. The molecule has 0 aliphatic heterocycles. The number of hydrogen-bond donors (Lipinski definition) is 2. The number of benzene rings is 1. The molecule has 1 aromatic carbocycles. The van der Waals surface area contributed by atoms with E-state index in [9.17, 15) is 4.79 Å². The first kappa shape index (κ1) is 15.4. The maximum Gasteiger partial charge on any atom is 0.234 e. The molecule has 0 bridgehead atoms. The lowest BCUT2D eigenvalue weighted by Gasteiger charge is -2.18. The van der Waals surface area contributed by atoms with Crippen LogP contribution in [0, 0.1) is 11.8 Å². The average Bonchev–Trinajstić information content (AvgIpc) is 2.31. The Morgan fingerprint density at radius 2 is 1.95 bits per heavy atom. The second-order valence-electron chi connectivity index (χ2n) is 4.57. The van der Waals surface area contributed by atoms with Crippen LogP contribution in [0.3, 0.4) is 0 Å². The molecule has 0 saturated carbocycles. The number of nitrogens with one attached hydrogen (secondary N) is 1. The van der Waals surface area contributed by atoms with Gasteiger partial charge in [-0.05, 0) is 37.1 Å². The average molecular weight is 280 g/mol. The van der Waals surface area contributed by atoms with Crippen LogP contribution in [-0.4, -0.2) is 17.5 Å². The molecule has 0 heterocycles. The van der Waals surface area contributed by atoms with Crippen molar-refractivity contribution in [3.05, 3.63) is 24.3 Å². The van der Waals surface area contributed by atoms with Crippen LogP contribution in [0.1, 0.15) is 20.8 Å². The van der Waals surface area contributed by atoms with E-state index in [1.54, 1.807) is 12.1 Å². The van der Waals surface area contributed by atoms with Gasteiger partial charge in [0.15, 0.2) is 0 Å².